The van der Waals surface area contributed by atoms with Crippen molar-refractivity contribution in [1.82, 2.24) is 4.98 Å². The number of carboxylic acids is 1. The molecule has 5 heteroatoms. The highest BCUT2D eigenvalue weighted by Crippen LogP contribution is 2.23. The predicted octanol–water partition coefficient (Wildman–Crippen LogP) is 2.64. The zero-order valence-corrected chi connectivity index (χ0v) is 11.4. The maximum absolute atomic E-state index is 11.5. The molecule has 0 unspecified atom stereocenters. The van der Waals surface area contributed by atoms with Gasteiger partial charge in [0.2, 0.25) is 5.91 Å². The van der Waals surface area contributed by atoms with Crippen LogP contribution in [0.2, 0.25) is 0 Å². The van der Waals surface area contributed by atoms with Crippen LogP contribution in [0.25, 0.3) is 11.3 Å². The summed E-state index contributed by atoms with van der Waals surface area (Å²) in [5.41, 5.74) is 3.37. The van der Waals surface area contributed by atoms with Gasteiger partial charge in [-0.25, -0.2) is 4.79 Å². The minimum absolute atomic E-state index is 0.501. The van der Waals surface area contributed by atoms with Crippen LogP contribution in [0.3, 0.4) is 0 Å². The van der Waals surface area contributed by atoms with E-state index in [2.05, 4.69) is 10.3 Å². The first-order valence-corrected chi connectivity index (χ1v) is 6.30. The van der Waals surface area contributed by atoms with E-state index in [9.17, 15) is 9.59 Å². The molecule has 0 saturated carbocycles. The van der Waals surface area contributed by atoms with Crippen molar-refractivity contribution >= 4 is 17.6 Å². The summed E-state index contributed by atoms with van der Waals surface area (Å²) in [5.74, 6) is -1.67. The number of carbonyl (C=O) groups excluding carboxylic acids is 1. The monoisotopic (exact) mass is 282 g/mol. The fourth-order valence-corrected chi connectivity index (χ4v) is 1.85. The SMILES string of the molecule is Cc1ccccc1-c1cc(NC(=O)/C=C/C(=O)O)ccn1. The summed E-state index contributed by atoms with van der Waals surface area (Å²) in [6.07, 6.45) is 3.35. The molecule has 2 N–H and O–H groups in total. The second kappa shape index (κ2) is 6.47. The van der Waals surface area contributed by atoms with Crippen LogP contribution in [0, 0.1) is 6.92 Å². The van der Waals surface area contributed by atoms with Gasteiger partial charge >= 0.3 is 5.97 Å². The van der Waals surface area contributed by atoms with Gasteiger partial charge in [-0.05, 0) is 24.6 Å². The Bertz CT molecular complexity index is 708. The van der Waals surface area contributed by atoms with Gasteiger partial charge in [0.15, 0.2) is 0 Å². The third-order valence-corrected chi connectivity index (χ3v) is 2.83. The van der Waals surface area contributed by atoms with Gasteiger partial charge in [0.05, 0.1) is 5.69 Å². The first-order valence-electron chi connectivity index (χ1n) is 6.30. The van der Waals surface area contributed by atoms with Gasteiger partial charge in [-0.1, -0.05) is 24.3 Å². The lowest BCUT2D eigenvalue weighted by Gasteiger charge is -2.07. The van der Waals surface area contributed by atoms with Gasteiger partial charge in [0.1, 0.15) is 0 Å². The second-order valence-electron chi connectivity index (χ2n) is 4.41. The average molecular weight is 282 g/mol. The molecule has 0 bridgehead atoms. The Morgan fingerprint density at radius 1 is 1.19 bits per heavy atom. The Kier molecular flexibility index (Phi) is 4.46. The van der Waals surface area contributed by atoms with Crippen molar-refractivity contribution in [2.45, 2.75) is 6.92 Å². The Morgan fingerprint density at radius 3 is 2.67 bits per heavy atom. The number of aromatic nitrogens is 1. The van der Waals surface area contributed by atoms with Crippen LogP contribution < -0.4 is 5.32 Å². The van der Waals surface area contributed by atoms with Crippen LogP contribution >= 0.6 is 0 Å². The molecule has 1 amide bonds. The van der Waals surface area contributed by atoms with E-state index in [1.165, 1.54) is 0 Å². The summed E-state index contributed by atoms with van der Waals surface area (Å²) in [4.78, 5) is 26.2. The van der Waals surface area contributed by atoms with E-state index < -0.39 is 11.9 Å². The molecule has 1 heterocycles. The van der Waals surface area contributed by atoms with Crippen LogP contribution in [0.5, 0.6) is 0 Å². The molecule has 2 aromatic rings. The van der Waals surface area contributed by atoms with Gasteiger partial charge < -0.3 is 10.4 Å². The number of nitrogens with zero attached hydrogens (tertiary/aromatic N) is 1. The summed E-state index contributed by atoms with van der Waals surface area (Å²) in [5, 5.41) is 11.1. The smallest absolute Gasteiger partial charge is 0.328 e. The van der Waals surface area contributed by atoms with Gasteiger partial charge in [-0.15, -0.1) is 0 Å². The van der Waals surface area contributed by atoms with Crippen LogP contribution in [0.1, 0.15) is 5.56 Å². The molecule has 0 aliphatic rings. The molecule has 106 valence electrons. The van der Waals surface area contributed by atoms with Crippen LogP contribution in [-0.2, 0) is 9.59 Å². The molecule has 0 fully saturated rings. The summed E-state index contributed by atoms with van der Waals surface area (Å²) in [6.45, 7) is 1.98. The lowest BCUT2D eigenvalue weighted by atomic mass is 10.1. The Labute approximate surface area is 122 Å². The minimum atomic E-state index is -1.17. The minimum Gasteiger partial charge on any atom is -0.478 e. The van der Waals surface area contributed by atoms with E-state index in [1.54, 1.807) is 18.3 Å². The average Bonchev–Trinajstić information content (AvgIpc) is 2.46. The van der Waals surface area contributed by atoms with E-state index in [0.29, 0.717) is 5.69 Å². The van der Waals surface area contributed by atoms with Crippen LogP contribution in [0.4, 0.5) is 5.69 Å². The number of hydrogen-bond donors (Lipinski definition) is 2. The van der Waals surface area contributed by atoms with Crippen molar-refractivity contribution in [2.24, 2.45) is 0 Å². The van der Waals surface area contributed by atoms with Crippen molar-refractivity contribution < 1.29 is 14.7 Å². The normalized spacial score (nSPS) is 10.5. The quantitative estimate of drug-likeness (QED) is 0.845. The molecule has 1 aromatic heterocycles. The first-order chi connectivity index (χ1) is 10.1. The fraction of sp³-hybridized carbons (Fsp3) is 0.0625. The Morgan fingerprint density at radius 2 is 1.95 bits per heavy atom. The molecule has 0 saturated heterocycles. The van der Waals surface area contributed by atoms with Crippen molar-refractivity contribution in [3.05, 3.63) is 60.3 Å². The van der Waals surface area contributed by atoms with Crippen molar-refractivity contribution in [1.29, 1.82) is 0 Å². The van der Waals surface area contributed by atoms with E-state index in [-0.39, 0.29) is 0 Å². The number of rotatable bonds is 4. The Balaban J connectivity index is 2.21. The number of benzene rings is 1. The van der Waals surface area contributed by atoms with E-state index in [1.807, 2.05) is 31.2 Å². The number of nitrogens with one attached hydrogen (secondary N) is 1. The number of hydrogen-bond acceptors (Lipinski definition) is 3. The highest BCUT2D eigenvalue weighted by molar-refractivity contribution is 6.02. The van der Waals surface area contributed by atoms with Gasteiger partial charge in [-0.2, -0.15) is 0 Å². The summed E-state index contributed by atoms with van der Waals surface area (Å²) in [7, 11) is 0. The fourth-order valence-electron chi connectivity index (χ4n) is 1.85. The third-order valence-electron chi connectivity index (χ3n) is 2.83. The second-order valence-corrected chi connectivity index (χ2v) is 4.41. The van der Waals surface area contributed by atoms with Crippen molar-refractivity contribution in [3.8, 4) is 11.3 Å². The van der Waals surface area contributed by atoms with Crippen molar-refractivity contribution in [2.75, 3.05) is 5.32 Å². The molecule has 2 rings (SSSR count). The number of amides is 1. The predicted molar refractivity (Wildman–Crippen MR) is 79.8 cm³/mol. The lowest BCUT2D eigenvalue weighted by molar-refractivity contribution is -0.131. The molecule has 0 aliphatic heterocycles. The highest BCUT2D eigenvalue weighted by Gasteiger charge is 2.05. The molecule has 0 spiro atoms. The number of aliphatic carboxylic acids is 1. The molecule has 0 aliphatic carbocycles. The molecular weight excluding hydrogens is 268 g/mol. The molecule has 21 heavy (non-hydrogen) atoms. The van der Waals surface area contributed by atoms with E-state index >= 15 is 0 Å². The summed E-state index contributed by atoms with van der Waals surface area (Å²) < 4.78 is 0. The Hall–Kier alpha value is -2.95. The van der Waals surface area contributed by atoms with Gasteiger partial charge in [0, 0.05) is 29.6 Å². The largest absolute Gasteiger partial charge is 0.478 e. The topological polar surface area (TPSA) is 79.3 Å². The lowest BCUT2D eigenvalue weighted by Crippen LogP contribution is -2.08. The maximum atomic E-state index is 11.5. The van der Waals surface area contributed by atoms with Gasteiger partial charge in [-0.3, -0.25) is 9.78 Å². The third kappa shape index (κ3) is 4.01. The van der Waals surface area contributed by atoms with E-state index in [4.69, 9.17) is 5.11 Å². The maximum Gasteiger partial charge on any atom is 0.328 e. The molecule has 5 nitrogen and oxygen atoms in total. The number of pyridine rings is 1. The van der Waals surface area contributed by atoms with Crippen molar-refractivity contribution in [3.63, 3.8) is 0 Å². The standard InChI is InChI=1S/C16H14N2O3/c1-11-4-2-3-5-13(11)14-10-12(8-9-17-14)18-15(19)6-7-16(20)21/h2-10H,1H3,(H,20,21)(H,17,18,19)/b7-6+. The highest BCUT2D eigenvalue weighted by atomic mass is 16.4. The van der Waals surface area contributed by atoms with Gasteiger partial charge in [0.25, 0.3) is 0 Å². The van der Waals surface area contributed by atoms with E-state index in [0.717, 1.165) is 29.0 Å². The molecule has 1 aromatic carbocycles. The zero-order chi connectivity index (χ0) is 15.2. The number of anilines is 1. The van der Waals surface area contributed by atoms with Crippen LogP contribution in [-0.4, -0.2) is 22.0 Å². The number of carboxylic acid groups (broad SMARTS) is 1. The molecule has 0 atom stereocenters. The zero-order valence-electron chi connectivity index (χ0n) is 11.4. The summed E-state index contributed by atoms with van der Waals surface area (Å²) in [6, 6.07) is 11.2. The summed E-state index contributed by atoms with van der Waals surface area (Å²) >= 11 is 0. The number of aryl methyl sites for hydroxylation is 1. The first kappa shape index (κ1) is 14.5. The molecule has 0 radical (unpaired) electrons. The molecular formula is C16H14N2O3. The number of carbonyl (C=O) groups is 2. The van der Waals surface area contributed by atoms with Crippen LogP contribution in [0.15, 0.2) is 54.7 Å².